The number of fused-ring (bicyclic) bond motifs is 1. The van der Waals surface area contributed by atoms with Crippen molar-refractivity contribution in [2.24, 2.45) is 0 Å². The molecule has 1 heterocycles. The van der Waals surface area contributed by atoms with Gasteiger partial charge < -0.3 is 16.2 Å². The number of Topliss-reactive ketones (excluding diaryl/α,β-unsaturated/α-hetero) is 1. The molecule has 2 aromatic rings. The van der Waals surface area contributed by atoms with Crippen LogP contribution in [0.2, 0.25) is 0 Å². The first-order valence-corrected chi connectivity index (χ1v) is 6.39. The SMILES string of the molecule is Nc1cc(C(=O)[C@@H]2C[C@@H](O)CN2)c2ccccc2c1. The Kier molecular flexibility index (Phi) is 2.97. The highest BCUT2D eigenvalue weighted by Crippen LogP contribution is 2.25. The third kappa shape index (κ3) is 2.20. The van der Waals surface area contributed by atoms with Crippen molar-refractivity contribution in [3.05, 3.63) is 42.0 Å². The minimum atomic E-state index is -0.443. The van der Waals surface area contributed by atoms with Crippen molar-refractivity contribution in [3.8, 4) is 0 Å². The van der Waals surface area contributed by atoms with Crippen LogP contribution in [-0.2, 0) is 0 Å². The lowest BCUT2D eigenvalue weighted by molar-refractivity contribution is 0.0944. The third-order valence-electron chi connectivity index (χ3n) is 3.57. The highest BCUT2D eigenvalue weighted by Gasteiger charge is 2.29. The summed E-state index contributed by atoms with van der Waals surface area (Å²) in [6.45, 7) is 0.469. The number of hydrogen-bond acceptors (Lipinski definition) is 4. The maximum absolute atomic E-state index is 12.5. The van der Waals surface area contributed by atoms with Crippen molar-refractivity contribution in [1.29, 1.82) is 0 Å². The number of benzene rings is 2. The van der Waals surface area contributed by atoms with Crippen molar-refractivity contribution < 1.29 is 9.90 Å². The second-order valence-corrected chi connectivity index (χ2v) is 5.00. The van der Waals surface area contributed by atoms with E-state index in [0.29, 0.717) is 24.2 Å². The number of hydrogen-bond donors (Lipinski definition) is 3. The van der Waals surface area contributed by atoms with E-state index in [-0.39, 0.29) is 11.8 Å². The standard InChI is InChI=1S/C15H16N2O2/c16-10-5-9-3-1-2-4-12(9)13(6-10)15(19)14-7-11(18)8-17-14/h1-6,11,14,17-18H,7-8,16H2/t11-,14+/m1/s1. The molecule has 4 nitrogen and oxygen atoms in total. The number of rotatable bonds is 2. The summed E-state index contributed by atoms with van der Waals surface area (Å²) in [5.74, 6) is 0.0000463. The second-order valence-electron chi connectivity index (χ2n) is 5.00. The minimum Gasteiger partial charge on any atom is -0.399 e. The Bertz CT molecular complexity index is 639. The summed E-state index contributed by atoms with van der Waals surface area (Å²) in [4.78, 5) is 12.5. The van der Waals surface area contributed by atoms with Gasteiger partial charge in [0.2, 0.25) is 0 Å². The summed E-state index contributed by atoms with van der Waals surface area (Å²) in [7, 11) is 0. The van der Waals surface area contributed by atoms with Gasteiger partial charge in [0.25, 0.3) is 0 Å². The molecule has 98 valence electrons. The molecule has 0 unspecified atom stereocenters. The fourth-order valence-electron chi connectivity index (χ4n) is 2.64. The molecule has 0 amide bonds. The molecule has 0 saturated carbocycles. The lowest BCUT2D eigenvalue weighted by Crippen LogP contribution is -2.30. The summed E-state index contributed by atoms with van der Waals surface area (Å²) in [5, 5.41) is 14.4. The summed E-state index contributed by atoms with van der Waals surface area (Å²) in [6.07, 6.45) is 0.0170. The van der Waals surface area contributed by atoms with Crippen molar-refractivity contribution in [2.75, 3.05) is 12.3 Å². The zero-order valence-corrected chi connectivity index (χ0v) is 10.5. The van der Waals surface area contributed by atoms with Gasteiger partial charge in [-0.2, -0.15) is 0 Å². The molecule has 1 aliphatic rings. The smallest absolute Gasteiger partial charge is 0.180 e. The second kappa shape index (κ2) is 4.64. The molecule has 0 aliphatic carbocycles. The van der Waals surface area contributed by atoms with Crippen LogP contribution >= 0.6 is 0 Å². The Morgan fingerprint density at radius 1 is 1.32 bits per heavy atom. The van der Waals surface area contributed by atoms with Gasteiger partial charge in [-0.15, -0.1) is 0 Å². The van der Waals surface area contributed by atoms with Gasteiger partial charge in [0.15, 0.2) is 5.78 Å². The van der Waals surface area contributed by atoms with E-state index >= 15 is 0 Å². The summed E-state index contributed by atoms with van der Waals surface area (Å²) >= 11 is 0. The predicted octanol–water partition coefficient (Wildman–Crippen LogP) is 1.33. The number of aliphatic hydroxyl groups excluding tert-OH is 1. The lowest BCUT2D eigenvalue weighted by atomic mass is 9.96. The molecule has 3 rings (SSSR count). The first-order chi connectivity index (χ1) is 9.15. The molecule has 4 N–H and O–H groups in total. The van der Waals surface area contributed by atoms with Crippen molar-refractivity contribution in [2.45, 2.75) is 18.6 Å². The van der Waals surface area contributed by atoms with E-state index in [0.717, 1.165) is 10.8 Å². The van der Waals surface area contributed by atoms with Crippen molar-refractivity contribution >= 4 is 22.2 Å². The molecule has 2 atom stereocenters. The fourth-order valence-corrected chi connectivity index (χ4v) is 2.64. The molecule has 1 saturated heterocycles. The average molecular weight is 256 g/mol. The van der Waals surface area contributed by atoms with Crippen molar-refractivity contribution in [1.82, 2.24) is 5.32 Å². The van der Waals surface area contributed by atoms with Crippen LogP contribution in [0.3, 0.4) is 0 Å². The normalized spacial score (nSPS) is 22.8. The highest BCUT2D eigenvalue weighted by atomic mass is 16.3. The van der Waals surface area contributed by atoms with Crippen LogP contribution in [0, 0.1) is 0 Å². The van der Waals surface area contributed by atoms with Gasteiger partial charge in [-0.25, -0.2) is 0 Å². The molecule has 2 aromatic carbocycles. The Morgan fingerprint density at radius 2 is 2.11 bits per heavy atom. The quantitative estimate of drug-likeness (QED) is 0.559. The summed E-state index contributed by atoms with van der Waals surface area (Å²) < 4.78 is 0. The average Bonchev–Trinajstić information content (AvgIpc) is 2.83. The molecule has 0 bridgehead atoms. The van der Waals surface area contributed by atoms with Gasteiger partial charge in [-0.05, 0) is 29.3 Å². The van der Waals surface area contributed by atoms with E-state index in [2.05, 4.69) is 5.32 Å². The van der Waals surface area contributed by atoms with Gasteiger partial charge >= 0.3 is 0 Å². The monoisotopic (exact) mass is 256 g/mol. The highest BCUT2D eigenvalue weighted by molar-refractivity contribution is 6.11. The van der Waals surface area contributed by atoms with E-state index in [9.17, 15) is 9.90 Å². The number of ketones is 1. The number of carbonyl (C=O) groups is 1. The molecule has 0 radical (unpaired) electrons. The topological polar surface area (TPSA) is 75.4 Å². The predicted molar refractivity (Wildman–Crippen MR) is 75.1 cm³/mol. The van der Waals surface area contributed by atoms with Crippen LogP contribution in [0.4, 0.5) is 5.69 Å². The maximum Gasteiger partial charge on any atom is 0.180 e. The Morgan fingerprint density at radius 3 is 2.84 bits per heavy atom. The van der Waals surface area contributed by atoms with Gasteiger partial charge in [-0.3, -0.25) is 4.79 Å². The maximum atomic E-state index is 12.5. The van der Waals surface area contributed by atoms with Gasteiger partial charge in [-0.1, -0.05) is 24.3 Å². The molecular formula is C15H16N2O2. The van der Waals surface area contributed by atoms with E-state index in [1.807, 2.05) is 30.3 Å². The zero-order valence-electron chi connectivity index (χ0n) is 10.5. The number of nitrogens with two attached hydrogens (primary N) is 1. The molecule has 4 heteroatoms. The Balaban J connectivity index is 2.06. The number of anilines is 1. The number of β-amino-alcohol motifs (C(OH)–C–C–N with tert-alkyl or cyclic N) is 1. The van der Waals surface area contributed by atoms with E-state index in [1.54, 1.807) is 6.07 Å². The molecule has 1 aliphatic heterocycles. The Labute approximate surface area is 111 Å². The van der Waals surface area contributed by atoms with Crippen LogP contribution in [-0.4, -0.2) is 29.6 Å². The van der Waals surface area contributed by atoms with E-state index in [1.165, 1.54) is 0 Å². The number of carbonyl (C=O) groups excluding carboxylic acids is 1. The van der Waals surface area contributed by atoms with Crippen LogP contribution in [0.1, 0.15) is 16.8 Å². The fraction of sp³-hybridized carbons (Fsp3) is 0.267. The van der Waals surface area contributed by atoms with Crippen LogP contribution in [0.25, 0.3) is 10.8 Å². The van der Waals surface area contributed by atoms with Crippen LogP contribution < -0.4 is 11.1 Å². The largest absolute Gasteiger partial charge is 0.399 e. The van der Waals surface area contributed by atoms with E-state index < -0.39 is 6.10 Å². The third-order valence-corrected chi connectivity index (χ3v) is 3.57. The molecular weight excluding hydrogens is 240 g/mol. The number of nitrogen functional groups attached to an aromatic ring is 1. The van der Waals surface area contributed by atoms with Crippen LogP contribution in [0.5, 0.6) is 0 Å². The van der Waals surface area contributed by atoms with E-state index in [4.69, 9.17) is 5.73 Å². The first kappa shape index (κ1) is 12.1. The van der Waals surface area contributed by atoms with Crippen molar-refractivity contribution in [3.63, 3.8) is 0 Å². The summed E-state index contributed by atoms with van der Waals surface area (Å²) in [6, 6.07) is 11.0. The first-order valence-electron chi connectivity index (χ1n) is 6.39. The van der Waals surface area contributed by atoms with Crippen LogP contribution in [0.15, 0.2) is 36.4 Å². The zero-order chi connectivity index (χ0) is 13.4. The minimum absolute atomic E-state index is 0.0000463. The molecule has 0 spiro atoms. The van der Waals surface area contributed by atoms with Gasteiger partial charge in [0.1, 0.15) is 0 Å². The van der Waals surface area contributed by atoms with Gasteiger partial charge in [0.05, 0.1) is 12.1 Å². The molecule has 0 aromatic heterocycles. The number of aliphatic hydroxyl groups is 1. The Hall–Kier alpha value is -1.91. The van der Waals surface area contributed by atoms with Gasteiger partial charge in [0, 0.05) is 17.8 Å². The summed E-state index contributed by atoms with van der Waals surface area (Å²) in [5.41, 5.74) is 7.08. The molecule has 1 fully saturated rings. The number of nitrogens with one attached hydrogen (secondary N) is 1. The lowest BCUT2D eigenvalue weighted by Gasteiger charge is -2.12. The molecule has 19 heavy (non-hydrogen) atoms.